The third-order valence-electron chi connectivity index (χ3n) is 10.4. The number of benzene rings is 1. The van der Waals surface area contributed by atoms with Gasteiger partial charge in [-0.3, -0.25) is 4.79 Å². The number of carbonyl (C=O) groups excluding carboxylic acids is 2. The number of alkyl carbamates (subject to hydrolysis) is 1. The van der Waals surface area contributed by atoms with E-state index in [0.29, 0.717) is 32.8 Å². The summed E-state index contributed by atoms with van der Waals surface area (Å²) in [5.74, 6) is -0.268. The third kappa shape index (κ3) is 25.3. The van der Waals surface area contributed by atoms with Crippen molar-refractivity contribution in [1.29, 1.82) is 0 Å². The Kier molecular flexibility index (Phi) is 27.8. The zero-order valence-electron chi connectivity index (χ0n) is 36.1. The molecule has 8 nitrogen and oxygen atoms in total. The van der Waals surface area contributed by atoms with Gasteiger partial charge in [0.05, 0.1) is 12.7 Å². The van der Waals surface area contributed by atoms with E-state index in [4.69, 9.17) is 14.2 Å². The fourth-order valence-electron chi connectivity index (χ4n) is 7.14. The van der Waals surface area contributed by atoms with Crippen molar-refractivity contribution in [2.75, 3.05) is 26.4 Å². The van der Waals surface area contributed by atoms with Gasteiger partial charge in [-0.1, -0.05) is 173 Å². The molecule has 0 saturated carbocycles. The number of hydrogen-bond donors (Lipinski definition) is 3. The van der Waals surface area contributed by atoms with Crippen LogP contribution in [-0.2, 0) is 25.4 Å². The topological polar surface area (TPSA) is 102 Å². The van der Waals surface area contributed by atoms with Crippen LogP contribution in [0, 0.1) is 0 Å². The van der Waals surface area contributed by atoms with E-state index in [2.05, 4.69) is 29.5 Å². The van der Waals surface area contributed by atoms with Crippen molar-refractivity contribution >= 4 is 22.9 Å². The van der Waals surface area contributed by atoms with Gasteiger partial charge in [0.2, 0.25) is 5.91 Å². The number of rotatable bonds is 35. The quantitative estimate of drug-likeness (QED) is 0.0606. The molecule has 0 aliphatic carbocycles. The number of hydrogen-bond acceptors (Lipinski definition) is 5. The van der Waals surface area contributed by atoms with Gasteiger partial charge in [-0.05, 0) is 45.2 Å². The molecule has 1 aromatic carbocycles. The number of amides is 2. The number of aromatic amines is 1. The summed E-state index contributed by atoms with van der Waals surface area (Å²) in [4.78, 5) is 29.8. The van der Waals surface area contributed by atoms with Crippen molar-refractivity contribution in [3.63, 3.8) is 0 Å². The number of ether oxygens (including phenoxy) is 3. The van der Waals surface area contributed by atoms with Gasteiger partial charge in [0, 0.05) is 43.3 Å². The standard InChI is InChI=1S/C47H83N3O5/c1-6-8-10-12-14-16-18-20-22-24-26-30-34-53-39-41(54-35-31-27-25-23-21-19-17-15-13-11-9-7-2)38-49-45(51)44(50-46(52)55-47(3,4)5)36-40-37-48-43-33-29-28-32-42(40)43/h28-29,32-33,37,41,44,48H,6-27,30-31,34-36,38-39H2,1-5H3,(H,49,51)(H,50,52)/t41?,44-/m1/s1. The van der Waals surface area contributed by atoms with Crippen LogP contribution in [0.3, 0.4) is 0 Å². The first kappa shape index (κ1) is 48.6. The number of H-pyrrole nitrogens is 1. The van der Waals surface area contributed by atoms with Crippen molar-refractivity contribution in [3.8, 4) is 0 Å². The highest BCUT2D eigenvalue weighted by atomic mass is 16.6. The van der Waals surface area contributed by atoms with Gasteiger partial charge < -0.3 is 29.8 Å². The average Bonchev–Trinajstić information content (AvgIpc) is 3.56. The average molecular weight is 770 g/mol. The lowest BCUT2D eigenvalue weighted by molar-refractivity contribution is -0.124. The summed E-state index contributed by atoms with van der Waals surface area (Å²) in [6, 6.07) is 7.17. The fourth-order valence-corrected chi connectivity index (χ4v) is 7.14. The second kappa shape index (κ2) is 31.5. The van der Waals surface area contributed by atoms with E-state index >= 15 is 0 Å². The Labute approximate surface area is 336 Å². The minimum atomic E-state index is -0.812. The molecule has 1 aromatic heterocycles. The van der Waals surface area contributed by atoms with Gasteiger partial charge in [0.15, 0.2) is 0 Å². The highest BCUT2D eigenvalue weighted by Crippen LogP contribution is 2.20. The Morgan fingerprint density at radius 1 is 0.673 bits per heavy atom. The van der Waals surface area contributed by atoms with E-state index in [0.717, 1.165) is 35.7 Å². The lowest BCUT2D eigenvalue weighted by Crippen LogP contribution is -2.51. The predicted molar refractivity (Wildman–Crippen MR) is 231 cm³/mol. The molecule has 0 spiro atoms. The van der Waals surface area contributed by atoms with Crippen LogP contribution in [0.25, 0.3) is 10.9 Å². The van der Waals surface area contributed by atoms with Crippen LogP contribution >= 0.6 is 0 Å². The van der Waals surface area contributed by atoms with Crippen molar-refractivity contribution in [2.24, 2.45) is 0 Å². The summed E-state index contributed by atoms with van der Waals surface area (Å²) in [5, 5.41) is 6.95. The van der Waals surface area contributed by atoms with E-state index in [1.165, 1.54) is 135 Å². The molecule has 8 heteroatoms. The van der Waals surface area contributed by atoms with Gasteiger partial charge in [0.1, 0.15) is 11.6 Å². The van der Waals surface area contributed by atoms with Crippen molar-refractivity contribution in [2.45, 2.75) is 213 Å². The first-order valence-electron chi connectivity index (χ1n) is 22.7. The monoisotopic (exact) mass is 770 g/mol. The van der Waals surface area contributed by atoms with Crippen LogP contribution in [0.5, 0.6) is 0 Å². The smallest absolute Gasteiger partial charge is 0.408 e. The summed E-state index contributed by atoms with van der Waals surface area (Å²) in [6.07, 6.45) is 32.7. The maximum Gasteiger partial charge on any atom is 0.408 e. The molecule has 2 aromatic rings. The predicted octanol–water partition coefficient (Wildman–Crippen LogP) is 12.5. The molecule has 0 saturated heterocycles. The minimum absolute atomic E-state index is 0.260. The van der Waals surface area contributed by atoms with Gasteiger partial charge in [-0.15, -0.1) is 0 Å². The van der Waals surface area contributed by atoms with Crippen LogP contribution in [0.4, 0.5) is 4.79 Å². The molecule has 0 fully saturated rings. The Hall–Kier alpha value is -2.58. The Balaban J connectivity index is 1.82. The number of nitrogens with one attached hydrogen (secondary N) is 3. The van der Waals surface area contributed by atoms with E-state index in [1.54, 1.807) is 0 Å². The summed E-state index contributed by atoms with van der Waals surface area (Å²) in [5.41, 5.74) is 1.27. The van der Waals surface area contributed by atoms with Gasteiger partial charge in [-0.25, -0.2) is 4.79 Å². The molecule has 316 valence electrons. The molecule has 2 atom stereocenters. The molecule has 0 radical (unpaired) electrons. The van der Waals surface area contributed by atoms with E-state index < -0.39 is 17.7 Å². The van der Waals surface area contributed by atoms with Gasteiger partial charge in [0.25, 0.3) is 0 Å². The highest BCUT2D eigenvalue weighted by molar-refractivity contribution is 5.88. The molecule has 2 amide bonds. The van der Waals surface area contributed by atoms with Crippen molar-refractivity contribution < 1.29 is 23.8 Å². The lowest BCUT2D eigenvalue weighted by atomic mass is 10.0. The largest absolute Gasteiger partial charge is 0.444 e. The summed E-state index contributed by atoms with van der Waals surface area (Å²) in [7, 11) is 0. The maximum atomic E-state index is 13.7. The first-order chi connectivity index (χ1) is 26.7. The Morgan fingerprint density at radius 3 is 1.69 bits per heavy atom. The molecule has 0 aliphatic rings. The fraction of sp³-hybridized carbons (Fsp3) is 0.787. The van der Waals surface area contributed by atoms with E-state index in [9.17, 15) is 9.59 Å². The number of aromatic nitrogens is 1. The second-order valence-corrected chi connectivity index (χ2v) is 16.9. The molecule has 0 aliphatic heterocycles. The van der Waals surface area contributed by atoms with E-state index in [-0.39, 0.29) is 12.0 Å². The van der Waals surface area contributed by atoms with Crippen LogP contribution in [0.2, 0.25) is 0 Å². The zero-order valence-corrected chi connectivity index (χ0v) is 36.1. The van der Waals surface area contributed by atoms with Gasteiger partial charge in [-0.2, -0.15) is 0 Å². The Morgan fingerprint density at radius 2 is 1.16 bits per heavy atom. The van der Waals surface area contributed by atoms with Crippen LogP contribution < -0.4 is 10.6 Å². The molecule has 55 heavy (non-hydrogen) atoms. The summed E-state index contributed by atoms with van der Waals surface area (Å²) >= 11 is 0. The zero-order chi connectivity index (χ0) is 39.8. The van der Waals surface area contributed by atoms with Crippen molar-refractivity contribution in [3.05, 3.63) is 36.0 Å². The second-order valence-electron chi connectivity index (χ2n) is 16.9. The number of para-hydroxylation sites is 1. The number of carbonyl (C=O) groups is 2. The normalized spacial score (nSPS) is 12.9. The molecule has 2 rings (SSSR count). The summed E-state index contributed by atoms with van der Waals surface area (Å²) in [6.45, 7) is 12.1. The molecular weight excluding hydrogens is 687 g/mol. The van der Waals surface area contributed by atoms with Crippen LogP contribution in [0.1, 0.15) is 194 Å². The molecule has 3 N–H and O–H groups in total. The van der Waals surface area contributed by atoms with E-state index in [1.807, 2.05) is 51.2 Å². The minimum Gasteiger partial charge on any atom is -0.444 e. The highest BCUT2D eigenvalue weighted by Gasteiger charge is 2.26. The van der Waals surface area contributed by atoms with Crippen LogP contribution in [-0.4, -0.2) is 61.1 Å². The third-order valence-corrected chi connectivity index (χ3v) is 10.4. The first-order valence-corrected chi connectivity index (χ1v) is 22.7. The van der Waals surface area contributed by atoms with Gasteiger partial charge >= 0.3 is 6.09 Å². The number of unbranched alkanes of at least 4 members (excludes halogenated alkanes) is 22. The molecule has 1 unspecified atom stereocenters. The SMILES string of the molecule is CCCCCCCCCCCCCCOCC(CNC(=O)[C@@H](Cc1c[nH]c2ccccc12)NC(=O)OC(C)(C)C)OCCCCCCCCCCCCCC. The Bertz CT molecular complexity index is 1220. The van der Waals surface area contributed by atoms with Crippen LogP contribution in [0.15, 0.2) is 30.5 Å². The molecule has 1 heterocycles. The lowest BCUT2D eigenvalue weighted by Gasteiger charge is -2.24. The molecular formula is C47H83N3O5. The maximum absolute atomic E-state index is 13.7. The number of fused-ring (bicyclic) bond motifs is 1. The molecule has 0 bridgehead atoms. The van der Waals surface area contributed by atoms with Crippen molar-refractivity contribution in [1.82, 2.24) is 15.6 Å². The summed E-state index contributed by atoms with van der Waals surface area (Å²) < 4.78 is 18.0.